The van der Waals surface area contributed by atoms with Crippen molar-refractivity contribution in [1.82, 2.24) is 9.38 Å². The first-order chi connectivity index (χ1) is 9.83. The van der Waals surface area contributed by atoms with Crippen molar-refractivity contribution < 1.29 is 0 Å². The van der Waals surface area contributed by atoms with E-state index in [9.17, 15) is 0 Å². The van der Waals surface area contributed by atoms with Gasteiger partial charge in [0, 0.05) is 11.8 Å². The molecule has 2 nitrogen and oxygen atoms in total. The second-order valence-corrected chi connectivity index (χ2v) is 5.04. The highest BCUT2D eigenvalue weighted by atomic mass is 14.9. The Morgan fingerprint density at radius 3 is 2.40 bits per heavy atom. The Hall–Kier alpha value is -2.61. The fourth-order valence-corrected chi connectivity index (χ4v) is 2.73. The van der Waals surface area contributed by atoms with Crippen molar-refractivity contribution in [3.05, 3.63) is 72.6 Å². The van der Waals surface area contributed by atoms with E-state index in [1.165, 1.54) is 16.6 Å². The minimum absolute atomic E-state index is 1.03. The number of aromatic nitrogens is 2. The van der Waals surface area contributed by atoms with Crippen molar-refractivity contribution in [3.8, 4) is 11.1 Å². The molecule has 0 aliphatic rings. The maximum absolute atomic E-state index is 4.69. The Bertz CT molecular complexity index is 905. The second-order valence-electron chi connectivity index (χ2n) is 5.04. The molecule has 0 spiro atoms. The molecule has 4 rings (SSSR count). The molecule has 0 bridgehead atoms. The lowest BCUT2D eigenvalue weighted by Gasteiger charge is -2.04. The first-order valence-electron chi connectivity index (χ1n) is 6.76. The minimum atomic E-state index is 1.03. The van der Waals surface area contributed by atoms with Gasteiger partial charge in [-0.3, -0.25) is 0 Å². The van der Waals surface area contributed by atoms with Gasteiger partial charge < -0.3 is 4.40 Å². The SMILES string of the molecule is Cc1nc2ccccc2n2cc(-c3ccccc3)cc12. The highest BCUT2D eigenvalue weighted by molar-refractivity contribution is 5.82. The molecule has 20 heavy (non-hydrogen) atoms. The van der Waals surface area contributed by atoms with Crippen molar-refractivity contribution in [2.24, 2.45) is 0 Å². The maximum Gasteiger partial charge on any atom is 0.0874 e. The van der Waals surface area contributed by atoms with E-state index < -0.39 is 0 Å². The van der Waals surface area contributed by atoms with Gasteiger partial charge in [0.2, 0.25) is 0 Å². The summed E-state index contributed by atoms with van der Waals surface area (Å²) in [6.45, 7) is 2.07. The van der Waals surface area contributed by atoms with Crippen LogP contribution in [0.3, 0.4) is 0 Å². The minimum Gasteiger partial charge on any atom is -0.313 e. The fourth-order valence-electron chi connectivity index (χ4n) is 2.73. The Labute approximate surface area is 117 Å². The number of nitrogens with zero attached hydrogens (tertiary/aromatic N) is 2. The van der Waals surface area contributed by atoms with Crippen molar-refractivity contribution in [2.45, 2.75) is 6.92 Å². The Balaban J connectivity index is 2.08. The molecule has 0 aliphatic carbocycles. The van der Waals surface area contributed by atoms with E-state index in [1.54, 1.807) is 0 Å². The molecular formula is C18H14N2. The average molecular weight is 258 g/mol. The fraction of sp³-hybridized carbons (Fsp3) is 0.0556. The molecule has 2 heteroatoms. The van der Waals surface area contributed by atoms with E-state index in [2.05, 4.69) is 71.0 Å². The summed E-state index contributed by atoms with van der Waals surface area (Å²) in [7, 11) is 0. The molecule has 0 fully saturated rings. The van der Waals surface area contributed by atoms with E-state index in [1.807, 2.05) is 12.1 Å². The zero-order chi connectivity index (χ0) is 13.5. The van der Waals surface area contributed by atoms with Crippen LogP contribution in [0.2, 0.25) is 0 Å². The number of benzene rings is 2. The van der Waals surface area contributed by atoms with Gasteiger partial charge in [0.1, 0.15) is 0 Å². The summed E-state index contributed by atoms with van der Waals surface area (Å²) in [4.78, 5) is 4.69. The molecule has 0 atom stereocenters. The molecule has 2 heterocycles. The van der Waals surface area contributed by atoms with Crippen molar-refractivity contribution in [3.63, 3.8) is 0 Å². The van der Waals surface area contributed by atoms with Crippen molar-refractivity contribution in [1.29, 1.82) is 0 Å². The van der Waals surface area contributed by atoms with Gasteiger partial charge in [0.25, 0.3) is 0 Å². The number of fused-ring (bicyclic) bond motifs is 3. The molecule has 0 amide bonds. The van der Waals surface area contributed by atoms with Gasteiger partial charge in [-0.25, -0.2) is 4.98 Å². The first-order valence-corrected chi connectivity index (χ1v) is 6.76. The summed E-state index contributed by atoms with van der Waals surface area (Å²) in [5.74, 6) is 0. The van der Waals surface area contributed by atoms with Crippen LogP contribution in [0.4, 0.5) is 0 Å². The van der Waals surface area contributed by atoms with Crippen LogP contribution in [0.15, 0.2) is 66.9 Å². The van der Waals surface area contributed by atoms with E-state index in [-0.39, 0.29) is 0 Å². The number of hydrogen-bond donors (Lipinski definition) is 0. The van der Waals surface area contributed by atoms with Crippen LogP contribution in [0.25, 0.3) is 27.7 Å². The van der Waals surface area contributed by atoms with Crippen molar-refractivity contribution >= 4 is 16.6 Å². The van der Waals surface area contributed by atoms with Gasteiger partial charge in [-0.05, 0) is 30.7 Å². The summed E-state index contributed by atoms with van der Waals surface area (Å²) >= 11 is 0. The third-order valence-corrected chi connectivity index (χ3v) is 3.73. The third-order valence-electron chi connectivity index (χ3n) is 3.73. The zero-order valence-electron chi connectivity index (χ0n) is 11.2. The molecule has 0 saturated heterocycles. The van der Waals surface area contributed by atoms with Gasteiger partial charge in [0.05, 0.1) is 22.2 Å². The molecule has 0 N–H and O–H groups in total. The van der Waals surface area contributed by atoms with Gasteiger partial charge in [-0.1, -0.05) is 42.5 Å². The predicted octanol–water partition coefficient (Wildman–Crippen LogP) is 4.46. The quantitative estimate of drug-likeness (QED) is 0.492. The molecule has 2 aromatic carbocycles. The molecule has 0 saturated carbocycles. The van der Waals surface area contributed by atoms with Crippen LogP contribution < -0.4 is 0 Å². The Morgan fingerprint density at radius 2 is 1.55 bits per heavy atom. The van der Waals surface area contributed by atoms with Crippen LogP contribution in [-0.4, -0.2) is 9.38 Å². The van der Waals surface area contributed by atoms with Crippen LogP contribution in [-0.2, 0) is 0 Å². The lowest BCUT2D eigenvalue weighted by molar-refractivity contribution is 1.17. The Morgan fingerprint density at radius 1 is 0.800 bits per heavy atom. The lowest BCUT2D eigenvalue weighted by atomic mass is 10.1. The summed E-state index contributed by atoms with van der Waals surface area (Å²) in [5, 5.41) is 0. The first kappa shape index (κ1) is 11.2. The maximum atomic E-state index is 4.69. The third kappa shape index (κ3) is 1.62. The predicted molar refractivity (Wildman–Crippen MR) is 82.9 cm³/mol. The van der Waals surface area contributed by atoms with Gasteiger partial charge in [-0.15, -0.1) is 0 Å². The molecule has 96 valence electrons. The summed E-state index contributed by atoms with van der Waals surface area (Å²) < 4.78 is 2.24. The zero-order valence-corrected chi connectivity index (χ0v) is 11.2. The average Bonchev–Trinajstić information content (AvgIpc) is 2.94. The molecule has 0 radical (unpaired) electrons. The van der Waals surface area contributed by atoms with Crippen LogP contribution in [0.1, 0.15) is 5.69 Å². The van der Waals surface area contributed by atoms with E-state index in [0.29, 0.717) is 0 Å². The van der Waals surface area contributed by atoms with Gasteiger partial charge in [0.15, 0.2) is 0 Å². The molecule has 0 unspecified atom stereocenters. The molecular weight excluding hydrogens is 244 g/mol. The molecule has 2 aromatic heterocycles. The van der Waals surface area contributed by atoms with Crippen LogP contribution in [0, 0.1) is 6.92 Å². The van der Waals surface area contributed by atoms with E-state index in [4.69, 9.17) is 0 Å². The standard InChI is InChI=1S/C18H14N2/c1-13-18-11-15(14-7-3-2-4-8-14)12-20(18)17-10-6-5-9-16(17)19-13/h2-12H,1H3. The van der Waals surface area contributed by atoms with Crippen molar-refractivity contribution in [2.75, 3.05) is 0 Å². The van der Waals surface area contributed by atoms with E-state index >= 15 is 0 Å². The molecule has 4 aromatic rings. The van der Waals surface area contributed by atoms with E-state index in [0.717, 1.165) is 16.7 Å². The summed E-state index contributed by atoms with van der Waals surface area (Å²) in [5.41, 5.74) is 6.88. The van der Waals surface area contributed by atoms with Gasteiger partial charge in [-0.2, -0.15) is 0 Å². The lowest BCUT2D eigenvalue weighted by Crippen LogP contribution is -1.92. The number of aryl methyl sites for hydroxylation is 1. The summed E-state index contributed by atoms with van der Waals surface area (Å²) in [6, 6.07) is 20.9. The molecule has 0 aliphatic heterocycles. The number of para-hydroxylation sites is 2. The topological polar surface area (TPSA) is 17.3 Å². The number of rotatable bonds is 1. The highest BCUT2D eigenvalue weighted by Gasteiger charge is 2.08. The monoisotopic (exact) mass is 258 g/mol. The van der Waals surface area contributed by atoms with Crippen LogP contribution >= 0.6 is 0 Å². The van der Waals surface area contributed by atoms with Crippen LogP contribution in [0.5, 0.6) is 0 Å². The number of hydrogen-bond acceptors (Lipinski definition) is 1. The summed E-state index contributed by atoms with van der Waals surface area (Å²) in [6.07, 6.45) is 2.20. The normalized spacial score (nSPS) is 11.2. The Kier molecular flexibility index (Phi) is 2.36. The smallest absolute Gasteiger partial charge is 0.0874 e. The largest absolute Gasteiger partial charge is 0.313 e. The van der Waals surface area contributed by atoms with Gasteiger partial charge >= 0.3 is 0 Å². The second kappa shape index (κ2) is 4.20. The highest BCUT2D eigenvalue weighted by Crippen LogP contribution is 2.26.